The molecule has 3 fully saturated rings. The molecule has 3 rings (SSSR count). The van der Waals surface area contributed by atoms with Crippen LogP contribution in [0.25, 0.3) is 0 Å². The fraction of sp³-hybridized carbons (Fsp3) is 0.800. The van der Waals surface area contributed by atoms with Crippen molar-refractivity contribution in [3.63, 3.8) is 0 Å². The van der Waals surface area contributed by atoms with Crippen molar-refractivity contribution in [2.75, 3.05) is 37.9 Å². The molecule has 8 heteroatoms. The minimum absolute atomic E-state index is 0.0266. The van der Waals surface area contributed by atoms with Crippen LogP contribution in [0.4, 0.5) is 0 Å². The highest BCUT2D eigenvalue weighted by atomic mass is 32.2. The van der Waals surface area contributed by atoms with Gasteiger partial charge in [0.15, 0.2) is 0 Å². The van der Waals surface area contributed by atoms with Gasteiger partial charge in [-0.2, -0.15) is 0 Å². The summed E-state index contributed by atoms with van der Waals surface area (Å²) in [5.41, 5.74) is -0.890. The first-order valence-electron chi connectivity index (χ1n) is 7.96. The van der Waals surface area contributed by atoms with Crippen LogP contribution in [0.2, 0.25) is 0 Å². The molecule has 0 aromatic heterocycles. The number of amides is 2. The Labute approximate surface area is 139 Å². The molecule has 2 amide bonds. The predicted octanol–water partition coefficient (Wildman–Crippen LogP) is 0.248. The maximum Gasteiger partial charge on any atom is 0.311 e. The van der Waals surface area contributed by atoms with Gasteiger partial charge in [-0.3, -0.25) is 14.4 Å². The molecule has 0 aromatic rings. The second-order valence-corrected chi connectivity index (χ2v) is 7.43. The molecule has 3 heterocycles. The smallest absolute Gasteiger partial charge is 0.311 e. The summed E-state index contributed by atoms with van der Waals surface area (Å²) in [5.74, 6) is -0.0333. The van der Waals surface area contributed by atoms with Crippen LogP contribution in [-0.2, 0) is 19.1 Å². The molecule has 0 saturated carbocycles. The van der Waals surface area contributed by atoms with Gasteiger partial charge in [0.2, 0.25) is 11.8 Å². The standard InChI is InChI=1S/C15H22N2O5S/c1-2-12(18)17-9-23-7-11(17)13(19)16-5-10-6-22-4-3-15(10,8-16)14(20)21/h10-11H,2-9H2,1H3,(H,20,21)/t10-,11?,15+/m0/s1. The molecule has 0 bridgehead atoms. The summed E-state index contributed by atoms with van der Waals surface area (Å²) >= 11 is 1.57. The highest BCUT2D eigenvalue weighted by Crippen LogP contribution is 2.43. The second-order valence-electron chi connectivity index (χ2n) is 6.43. The molecule has 3 saturated heterocycles. The van der Waals surface area contributed by atoms with Crippen molar-refractivity contribution in [2.45, 2.75) is 25.8 Å². The molecule has 1 unspecified atom stereocenters. The highest BCUT2D eigenvalue weighted by molar-refractivity contribution is 7.99. The number of carboxylic acid groups (broad SMARTS) is 1. The van der Waals surface area contributed by atoms with Gasteiger partial charge in [0.25, 0.3) is 0 Å². The van der Waals surface area contributed by atoms with Crippen molar-refractivity contribution in [3.8, 4) is 0 Å². The lowest BCUT2D eigenvalue weighted by molar-refractivity contribution is -0.157. The summed E-state index contributed by atoms with van der Waals surface area (Å²) in [6, 6.07) is -0.459. The molecular weight excluding hydrogens is 320 g/mol. The third kappa shape index (κ3) is 2.71. The van der Waals surface area contributed by atoms with Crippen molar-refractivity contribution >= 4 is 29.5 Å². The largest absolute Gasteiger partial charge is 0.481 e. The van der Waals surface area contributed by atoms with Crippen LogP contribution in [0.1, 0.15) is 19.8 Å². The van der Waals surface area contributed by atoms with Crippen molar-refractivity contribution in [1.82, 2.24) is 9.80 Å². The molecule has 7 nitrogen and oxygen atoms in total. The Balaban J connectivity index is 1.76. The van der Waals surface area contributed by atoms with E-state index in [1.807, 2.05) is 0 Å². The fourth-order valence-electron chi connectivity index (χ4n) is 3.77. The molecule has 3 atom stereocenters. The number of hydrogen-bond acceptors (Lipinski definition) is 5. The van der Waals surface area contributed by atoms with E-state index in [0.29, 0.717) is 44.2 Å². The summed E-state index contributed by atoms with van der Waals surface area (Å²) in [6.45, 7) is 3.22. The van der Waals surface area contributed by atoms with Crippen LogP contribution in [0, 0.1) is 11.3 Å². The molecule has 1 N–H and O–H groups in total. The lowest BCUT2D eigenvalue weighted by atomic mass is 9.74. The van der Waals surface area contributed by atoms with Crippen LogP contribution in [0.3, 0.4) is 0 Å². The quantitative estimate of drug-likeness (QED) is 0.791. The average molecular weight is 342 g/mol. The van der Waals surface area contributed by atoms with Crippen molar-refractivity contribution in [1.29, 1.82) is 0 Å². The van der Waals surface area contributed by atoms with E-state index in [1.165, 1.54) is 0 Å². The number of carbonyl (C=O) groups is 3. The molecule has 3 aliphatic heterocycles. The van der Waals surface area contributed by atoms with E-state index in [-0.39, 0.29) is 24.3 Å². The van der Waals surface area contributed by atoms with Crippen LogP contribution < -0.4 is 0 Å². The number of likely N-dealkylation sites (tertiary alicyclic amines) is 1. The molecule has 23 heavy (non-hydrogen) atoms. The summed E-state index contributed by atoms with van der Waals surface area (Å²) in [5, 5.41) is 9.68. The molecular formula is C15H22N2O5S. The second kappa shape index (κ2) is 6.32. The number of nitrogens with zero attached hydrogens (tertiary/aromatic N) is 2. The first-order chi connectivity index (χ1) is 11.0. The van der Waals surface area contributed by atoms with Crippen LogP contribution in [0.5, 0.6) is 0 Å². The van der Waals surface area contributed by atoms with E-state index in [1.54, 1.807) is 28.5 Å². The molecule has 3 aliphatic rings. The first kappa shape index (κ1) is 16.6. The van der Waals surface area contributed by atoms with Gasteiger partial charge < -0.3 is 19.6 Å². The molecule has 0 radical (unpaired) electrons. The zero-order chi connectivity index (χ0) is 16.6. The Morgan fingerprint density at radius 2 is 2.17 bits per heavy atom. The van der Waals surface area contributed by atoms with E-state index < -0.39 is 17.4 Å². The number of carbonyl (C=O) groups excluding carboxylic acids is 2. The van der Waals surface area contributed by atoms with Gasteiger partial charge in [0.05, 0.1) is 17.9 Å². The number of thioether (sulfide) groups is 1. The molecule has 128 valence electrons. The SMILES string of the molecule is CCC(=O)N1CSCC1C(=O)N1C[C@H]2COCC[C@@]2(C(=O)O)C1. The van der Waals surface area contributed by atoms with E-state index in [0.717, 1.165) is 0 Å². The Hall–Kier alpha value is -1.28. The summed E-state index contributed by atoms with van der Waals surface area (Å²) in [7, 11) is 0. The number of hydrogen-bond donors (Lipinski definition) is 1. The minimum atomic E-state index is -0.890. The van der Waals surface area contributed by atoms with Gasteiger partial charge in [0, 0.05) is 37.8 Å². The lowest BCUT2D eigenvalue weighted by Gasteiger charge is -2.34. The summed E-state index contributed by atoms with van der Waals surface area (Å²) < 4.78 is 5.42. The van der Waals surface area contributed by atoms with Gasteiger partial charge in [-0.1, -0.05) is 6.92 Å². The maximum atomic E-state index is 12.9. The summed E-state index contributed by atoms with van der Waals surface area (Å²) in [6.07, 6.45) is 0.813. The topological polar surface area (TPSA) is 87.2 Å². The van der Waals surface area contributed by atoms with Gasteiger partial charge in [-0.25, -0.2) is 0 Å². The first-order valence-corrected chi connectivity index (χ1v) is 9.12. The Kier molecular flexibility index (Phi) is 4.55. The van der Waals surface area contributed by atoms with Gasteiger partial charge in [-0.05, 0) is 6.42 Å². The number of carboxylic acids is 1. The number of aliphatic carboxylic acids is 1. The molecule has 0 aliphatic carbocycles. The Bertz CT molecular complexity index is 528. The average Bonchev–Trinajstić information content (AvgIpc) is 3.18. The van der Waals surface area contributed by atoms with E-state index in [2.05, 4.69) is 0 Å². The zero-order valence-electron chi connectivity index (χ0n) is 13.2. The Morgan fingerprint density at radius 1 is 1.39 bits per heavy atom. The third-order valence-corrected chi connectivity index (χ3v) is 6.25. The lowest BCUT2D eigenvalue weighted by Crippen LogP contribution is -2.49. The normalized spacial score (nSPS) is 33.6. The number of fused-ring (bicyclic) bond motifs is 1. The predicted molar refractivity (Wildman–Crippen MR) is 83.8 cm³/mol. The van der Waals surface area contributed by atoms with Gasteiger partial charge in [-0.15, -0.1) is 11.8 Å². The summed E-state index contributed by atoms with van der Waals surface area (Å²) in [4.78, 5) is 39.9. The van der Waals surface area contributed by atoms with E-state index in [9.17, 15) is 19.5 Å². The van der Waals surface area contributed by atoms with Crippen molar-refractivity contribution in [3.05, 3.63) is 0 Å². The van der Waals surface area contributed by atoms with E-state index in [4.69, 9.17) is 4.74 Å². The van der Waals surface area contributed by atoms with Crippen molar-refractivity contribution < 1.29 is 24.2 Å². The minimum Gasteiger partial charge on any atom is -0.481 e. The van der Waals surface area contributed by atoms with Crippen molar-refractivity contribution in [2.24, 2.45) is 11.3 Å². The highest BCUT2D eigenvalue weighted by Gasteiger charge is 2.55. The van der Waals surface area contributed by atoms with Crippen LogP contribution in [0.15, 0.2) is 0 Å². The van der Waals surface area contributed by atoms with Gasteiger partial charge in [0.1, 0.15) is 6.04 Å². The van der Waals surface area contributed by atoms with E-state index >= 15 is 0 Å². The monoisotopic (exact) mass is 342 g/mol. The zero-order valence-corrected chi connectivity index (χ0v) is 14.0. The Morgan fingerprint density at radius 3 is 2.83 bits per heavy atom. The number of ether oxygens (including phenoxy) is 1. The third-order valence-electron chi connectivity index (χ3n) is 5.23. The molecule has 0 spiro atoms. The van der Waals surface area contributed by atoms with Crippen LogP contribution >= 0.6 is 11.8 Å². The van der Waals surface area contributed by atoms with Crippen LogP contribution in [-0.4, -0.2) is 76.7 Å². The molecule has 0 aromatic carbocycles. The number of rotatable bonds is 3. The maximum absolute atomic E-state index is 12.9. The fourth-order valence-corrected chi connectivity index (χ4v) is 4.95. The van der Waals surface area contributed by atoms with Gasteiger partial charge >= 0.3 is 5.97 Å².